The van der Waals surface area contributed by atoms with Crippen molar-refractivity contribution in [3.8, 4) is 22.3 Å². The van der Waals surface area contributed by atoms with Crippen molar-refractivity contribution in [1.29, 1.82) is 0 Å². The third-order valence-corrected chi connectivity index (χ3v) is 14.0. The molecule has 11 rings (SSSR count). The Balaban J connectivity index is 0.893. The van der Waals surface area contributed by atoms with Crippen molar-refractivity contribution in [2.24, 2.45) is 0 Å². The predicted molar refractivity (Wildman–Crippen MR) is 253 cm³/mol. The topological polar surface area (TPSA) is 6.48 Å². The van der Waals surface area contributed by atoms with Crippen LogP contribution in [0.5, 0.6) is 0 Å². The molecule has 2 aliphatic carbocycles. The molecule has 2 aliphatic heterocycles. The van der Waals surface area contributed by atoms with Crippen LogP contribution >= 0.6 is 0 Å². The second-order valence-corrected chi connectivity index (χ2v) is 17.1. The first-order chi connectivity index (χ1) is 29.1. The molecule has 59 heavy (non-hydrogen) atoms. The van der Waals surface area contributed by atoms with Crippen LogP contribution in [-0.2, 0) is 18.3 Å². The van der Waals surface area contributed by atoms with Gasteiger partial charge in [-0.1, -0.05) is 141 Å². The second kappa shape index (κ2) is 14.5. The van der Waals surface area contributed by atoms with Crippen LogP contribution in [0.4, 0.5) is 22.7 Å². The lowest BCUT2D eigenvalue weighted by Crippen LogP contribution is -2.25. The van der Waals surface area contributed by atoms with Crippen molar-refractivity contribution >= 4 is 57.8 Å². The highest BCUT2D eigenvalue weighted by Crippen LogP contribution is 2.58. The van der Waals surface area contributed by atoms with Gasteiger partial charge in [0.2, 0.25) is 0 Å². The van der Waals surface area contributed by atoms with Gasteiger partial charge in [0.25, 0.3) is 0 Å². The van der Waals surface area contributed by atoms with Gasteiger partial charge in [-0.05, 0) is 159 Å². The van der Waals surface area contributed by atoms with Crippen molar-refractivity contribution in [3.05, 3.63) is 191 Å². The molecule has 0 aromatic heterocycles. The third kappa shape index (κ3) is 5.91. The summed E-state index contributed by atoms with van der Waals surface area (Å²) in [5.41, 5.74) is 21.2. The van der Waals surface area contributed by atoms with Crippen LogP contribution in [0.2, 0.25) is 0 Å². The predicted octanol–water partition coefficient (Wildman–Crippen LogP) is 15.0. The Labute approximate surface area is 349 Å². The zero-order chi connectivity index (χ0) is 39.5. The van der Waals surface area contributed by atoms with E-state index in [2.05, 4.69) is 169 Å². The van der Waals surface area contributed by atoms with Crippen LogP contribution < -0.4 is 9.80 Å². The molecule has 1 spiro atoms. The smallest absolute Gasteiger partial charge is 0.0443 e. The molecule has 2 heterocycles. The van der Waals surface area contributed by atoms with E-state index in [1.807, 2.05) is 12.2 Å². The van der Waals surface area contributed by atoms with E-state index < -0.39 is 0 Å². The first-order valence-corrected chi connectivity index (χ1v) is 21.8. The number of anilines is 4. The Morgan fingerprint density at radius 2 is 1.08 bits per heavy atom. The summed E-state index contributed by atoms with van der Waals surface area (Å²) in [5.74, 6) is 0. The zero-order valence-electron chi connectivity index (χ0n) is 33.9. The Kier molecular flexibility index (Phi) is 8.77. The summed E-state index contributed by atoms with van der Waals surface area (Å²) in [5, 5.41) is 2.49. The highest BCUT2D eigenvalue weighted by molar-refractivity contribution is 5.94. The van der Waals surface area contributed by atoms with E-state index in [9.17, 15) is 0 Å². The van der Waals surface area contributed by atoms with Crippen LogP contribution in [0.15, 0.2) is 147 Å². The maximum absolute atomic E-state index is 4.30. The molecule has 1 fully saturated rings. The summed E-state index contributed by atoms with van der Waals surface area (Å²) in [6, 6.07) is 50.6. The van der Waals surface area contributed by atoms with Crippen molar-refractivity contribution < 1.29 is 0 Å². The van der Waals surface area contributed by atoms with E-state index in [0.717, 1.165) is 42.6 Å². The normalized spacial score (nSPS) is 16.3. The fourth-order valence-corrected chi connectivity index (χ4v) is 11.1. The molecule has 1 saturated carbocycles. The van der Waals surface area contributed by atoms with Gasteiger partial charge in [0, 0.05) is 41.3 Å². The summed E-state index contributed by atoms with van der Waals surface area (Å²) in [4.78, 5) is 5.04. The van der Waals surface area contributed by atoms with E-state index in [4.69, 9.17) is 0 Å². The molecule has 0 bridgehead atoms. The van der Waals surface area contributed by atoms with Crippen LogP contribution in [0.3, 0.4) is 0 Å². The number of hydrogen-bond acceptors (Lipinski definition) is 2. The monoisotopic (exact) mass is 762 g/mol. The zero-order valence-corrected chi connectivity index (χ0v) is 33.9. The minimum absolute atomic E-state index is 0.0875. The first-order valence-electron chi connectivity index (χ1n) is 21.8. The lowest BCUT2D eigenvalue weighted by atomic mass is 9.76. The minimum atomic E-state index is 0.0875. The van der Waals surface area contributed by atoms with E-state index >= 15 is 0 Å². The van der Waals surface area contributed by atoms with E-state index in [1.54, 1.807) is 0 Å². The highest BCUT2D eigenvalue weighted by Gasteiger charge is 2.45. The average molecular weight is 763 g/mol. The molecule has 4 aliphatic rings. The maximum atomic E-state index is 4.30. The third-order valence-electron chi connectivity index (χ3n) is 14.0. The lowest BCUT2D eigenvalue weighted by molar-refractivity contribution is 0.549. The molecule has 288 valence electrons. The number of aryl methyl sites for hydroxylation is 2. The van der Waals surface area contributed by atoms with Crippen LogP contribution in [0.25, 0.3) is 57.3 Å². The van der Waals surface area contributed by atoms with Gasteiger partial charge in [0.05, 0.1) is 0 Å². The lowest BCUT2D eigenvalue weighted by Gasteiger charge is -2.33. The Bertz CT molecular complexity index is 2850. The van der Waals surface area contributed by atoms with Crippen molar-refractivity contribution in [1.82, 2.24) is 0 Å². The van der Waals surface area contributed by atoms with Gasteiger partial charge < -0.3 is 9.80 Å². The summed E-state index contributed by atoms with van der Waals surface area (Å²) < 4.78 is 0. The molecule has 0 radical (unpaired) electrons. The number of fused-ring (bicyclic) bond motifs is 8. The van der Waals surface area contributed by atoms with Crippen LogP contribution in [0.1, 0.15) is 83.0 Å². The largest absolute Gasteiger partial charge is 0.341 e. The quantitative estimate of drug-likeness (QED) is 0.149. The molecule has 2 heteroatoms. The second-order valence-electron chi connectivity index (χ2n) is 17.1. The summed E-state index contributed by atoms with van der Waals surface area (Å²) in [6.07, 6.45) is 18.2. The average Bonchev–Trinajstić information content (AvgIpc) is 3.90. The van der Waals surface area contributed by atoms with Gasteiger partial charge in [-0.15, -0.1) is 0 Å². The molecule has 0 N–H and O–H groups in total. The number of rotatable bonds is 7. The van der Waals surface area contributed by atoms with Crippen molar-refractivity contribution in [3.63, 3.8) is 0 Å². The Morgan fingerprint density at radius 1 is 0.492 bits per heavy atom. The molecule has 0 saturated heterocycles. The van der Waals surface area contributed by atoms with Crippen molar-refractivity contribution in [2.75, 3.05) is 22.9 Å². The summed E-state index contributed by atoms with van der Waals surface area (Å²) in [6.45, 7) is 10.7. The molecule has 7 aromatic rings. The van der Waals surface area contributed by atoms with E-state index in [0.29, 0.717) is 0 Å². The van der Waals surface area contributed by atoms with Gasteiger partial charge in [0.1, 0.15) is 0 Å². The van der Waals surface area contributed by atoms with Gasteiger partial charge in [-0.2, -0.15) is 0 Å². The highest BCUT2D eigenvalue weighted by atomic mass is 15.1. The number of hydrogen-bond donors (Lipinski definition) is 0. The molecular formula is C57H50N2. The molecule has 7 aromatic carbocycles. The van der Waals surface area contributed by atoms with Gasteiger partial charge in [-0.25, -0.2) is 0 Å². The van der Waals surface area contributed by atoms with E-state index in [-0.39, 0.29) is 5.41 Å². The number of nitrogens with zero attached hydrogens (tertiary/aromatic N) is 2. The Morgan fingerprint density at radius 3 is 1.80 bits per heavy atom. The van der Waals surface area contributed by atoms with E-state index in [1.165, 1.54) is 122 Å². The van der Waals surface area contributed by atoms with Crippen molar-refractivity contribution in [2.45, 2.75) is 56.8 Å². The molecule has 0 amide bonds. The van der Waals surface area contributed by atoms with Crippen LogP contribution in [-0.4, -0.2) is 13.1 Å². The fraction of sp³-hybridized carbons (Fsp3) is 0.193. The van der Waals surface area contributed by atoms with Gasteiger partial charge >= 0.3 is 0 Å². The SMILES string of the molecule is C=Cc1c(/C=C/c2ccc3c(c2)C2(CCCC2)c2cc(N4CCCc5ccccc54)ccc2-3)ccc(-c2ccc3cc(N4CCCc5ccccc54)ccc3c2)c1C=C. The van der Waals surface area contributed by atoms with Gasteiger partial charge in [-0.3, -0.25) is 0 Å². The molecule has 0 atom stereocenters. The fourth-order valence-electron chi connectivity index (χ4n) is 11.1. The first kappa shape index (κ1) is 35.8. The number of benzene rings is 7. The summed E-state index contributed by atoms with van der Waals surface area (Å²) >= 11 is 0. The standard InChI is InChI=1S/C57H50N2/c1-3-48-40(25-29-50(49(48)4-2)45-23-22-44-37-46(26-24-43(44)36-45)58-33-11-15-41-13-5-7-17-55(41)58)21-19-39-20-28-51-52-30-27-47(59-34-12-16-42-14-6-8-18-56(42)59)38-54(52)57(53(51)35-39)31-9-10-32-57/h3-8,13-14,17-30,35-38H,1-2,9-12,15-16,31-34H2/b21-19+. The van der Waals surface area contributed by atoms with Gasteiger partial charge in [0.15, 0.2) is 0 Å². The maximum Gasteiger partial charge on any atom is 0.0443 e. The number of para-hydroxylation sites is 2. The Hall–Kier alpha value is -6.38. The summed E-state index contributed by atoms with van der Waals surface area (Å²) in [7, 11) is 0. The minimum Gasteiger partial charge on any atom is -0.341 e. The molecular weight excluding hydrogens is 713 g/mol. The molecule has 0 unspecified atom stereocenters. The van der Waals surface area contributed by atoms with Crippen LogP contribution in [0, 0.1) is 0 Å². The molecule has 2 nitrogen and oxygen atoms in total.